The van der Waals surface area contributed by atoms with E-state index in [-0.39, 0.29) is 24.0 Å². The minimum absolute atomic E-state index is 0. The summed E-state index contributed by atoms with van der Waals surface area (Å²) >= 11 is 0. The maximum atomic E-state index is 4.19. The summed E-state index contributed by atoms with van der Waals surface area (Å²) in [6.45, 7) is 4.02. The van der Waals surface area contributed by atoms with Gasteiger partial charge in [0, 0.05) is 13.0 Å². The maximum absolute atomic E-state index is 4.19. The molecule has 0 aromatic carbocycles. The molecule has 0 spiro atoms. The third-order valence-electron chi connectivity index (χ3n) is 1.38. The lowest BCUT2D eigenvalue weighted by Gasteiger charge is -1.89. The molecule has 0 saturated carbocycles. The van der Waals surface area contributed by atoms with Gasteiger partial charge in [0.1, 0.15) is 5.69 Å². The molecule has 0 N–H and O–H groups in total. The van der Waals surface area contributed by atoms with Crippen LogP contribution in [0.2, 0.25) is 0 Å². The lowest BCUT2D eigenvalue weighted by molar-refractivity contribution is -0.737. The van der Waals surface area contributed by atoms with Crippen molar-refractivity contribution in [1.82, 2.24) is 5.10 Å². The number of hydrogen-bond donors (Lipinski definition) is 0. The SMILES string of the molecule is Cc1ccc(C)[n+](C)n1.[I-]. The zero-order chi connectivity index (χ0) is 6.85. The van der Waals surface area contributed by atoms with Crippen molar-refractivity contribution in [2.45, 2.75) is 13.8 Å². The normalized spacial score (nSPS) is 8.70. The molecule has 0 saturated heterocycles. The molecule has 0 bridgehead atoms. The Bertz CT molecular complexity index is 223. The first-order valence-corrected chi connectivity index (χ1v) is 3.01. The molecule has 56 valence electrons. The van der Waals surface area contributed by atoms with E-state index in [9.17, 15) is 0 Å². The predicted octanol–water partition coefficient (Wildman–Crippen LogP) is -2.47. The number of hydrogen-bond acceptors (Lipinski definition) is 1. The summed E-state index contributed by atoms with van der Waals surface area (Å²) in [5.41, 5.74) is 2.24. The van der Waals surface area contributed by atoms with E-state index in [1.165, 1.54) is 5.69 Å². The van der Waals surface area contributed by atoms with Gasteiger partial charge in [0.15, 0.2) is 7.05 Å². The molecule has 0 radical (unpaired) electrons. The summed E-state index contributed by atoms with van der Waals surface area (Å²) in [6, 6.07) is 4.07. The third kappa shape index (κ3) is 2.21. The third-order valence-corrected chi connectivity index (χ3v) is 1.38. The van der Waals surface area contributed by atoms with Gasteiger partial charge in [-0.2, -0.15) is 0 Å². The minimum Gasteiger partial charge on any atom is -1.00 e. The highest BCUT2D eigenvalue weighted by molar-refractivity contribution is 4.98. The molecule has 1 aromatic heterocycles. The van der Waals surface area contributed by atoms with Crippen LogP contribution in [0.4, 0.5) is 0 Å². The fourth-order valence-corrected chi connectivity index (χ4v) is 0.698. The standard InChI is InChI=1S/C7H11N2.HI/c1-6-4-5-7(2)9(3)8-6;/h4-5H,1-3H3;1H/q+1;/p-1. The molecule has 0 aliphatic heterocycles. The Balaban J connectivity index is 0.000000810. The number of aryl methyl sites for hydroxylation is 3. The number of rotatable bonds is 0. The van der Waals surface area contributed by atoms with E-state index in [1.807, 2.05) is 31.6 Å². The molecular formula is C7H11IN2. The average Bonchev–Trinajstić information content (AvgIpc) is 1.80. The summed E-state index contributed by atoms with van der Waals surface area (Å²) in [5, 5.41) is 4.19. The molecule has 2 nitrogen and oxygen atoms in total. The largest absolute Gasteiger partial charge is 1.00 e. The Morgan fingerprint density at radius 1 is 1.30 bits per heavy atom. The summed E-state index contributed by atoms with van der Waals surface area (Å²) in [5.74, 6) is 0. The van der Waals surface area contributed by atoms with Crippen molar-refractivity contribution in [2.24, 2.45) is 7.05 Å². The highest BCUT2D eigenvalue weighted by atomic mass is 127. The molecule has 1 aromatic rings. The van der Waals surface area contributed by atoms with Crippen LogP contribution < -0.4 is 28.7 Å². The lowest BCUT2D eigenvalue weighted by atomic mass is 10.4. The van der Waals surface area contributed by atoms with E-state index in [2.05, 4.69) is 11.2 Å². The second-order valence-corrected chi connectivity index (χ2v) is 2.24. The number of nitrogens with zero attached hydrogens (tertiary/aromatic N) is 2. The Morgan fingerprint density at radius 2 is 1.90 bits per heavy atom. The van der Waals surface area contributed by atoms with Gasteiger partial charge in [-0.1, -0.05) is 4.68 Å². The second-order valence-electron chi connectivity index (χ2n) is 2.24. The van der Waals surface area contributed by atoms with E-state index < -0.39 is 0 Å². The number of halogens is 1. The van der Waals surface area contributed by atoms with Gasteiger partial charge in [-0.25, -0.2) is 0 Å². The first-order chi connectivity index (χ1) is 4.20. The van der Waals surface area contributed by atoms with Crippen LogP contribution in [0.25, 0.3) is 0 Å². The highest BCUT2D eigenvalue weighted by Gasteiger charge is 1.98. The van der Waals surface area contributed by atoms with E-state index in [4.69, 9.17) is 0 Å². The minimum atomic E-state index is 0. The fraction of sp³-hybridized carbons (Fsp3) is 0.429. The van der Waals surface area contributed by atoms with Crippen LogP contribution >= 0.6 is 0 Å². The first kappa shape index (κ1) is 9.81. The molecule has 0 aliphatic carbocycles. The fourth-order valence-electron chi connectivity index (χ4n) is 0.698. The van der Waals surface area contributed by atoms with E-state index >= 15 is 0 Å². The topological polar surface area (TPSA) is 16.8 Å². The van der Waals surface area contributed by atoms with E-state index in [0.29, 0.717) is 0 Å². The van der Waals surface area contributed by atoms with Gasteiger partial charge < -0.3 is 24.0 Å². The van der Waals surface area contributed by atoms with Crippen LogP contribution in [0.5, 0.6) is 0 Å². The molecule has 0 amide bonds. The van der Waals surface area contributed by atoms with Gasteiger partial charge in [-0.05, 0) is 18.1 Å². The average molecular weight is 250 g/mol. The van der Waals surface area contributed by atoms with Crippen molar-refractivity contribution >= 4 is 0 Å². The zero-order valence-electron chi connectivity index (χ0n) is 6.43. The molecule has 1 rings (SSSR count). The van der Waals surface area contributed by atoms with Crippen molar-refractivity contribution in [2.75, 3.05) is 0 Å². The highest BCUT2D eigenvalue weighted by Crippen LogP contribution is 1.88. The van der Waals surface area contributed by atoms with Crippen LogP contribution in [0.1, 0.15) is 11.4 Å². The van der Waals surface area contributed by atoms with Crippen LogP contribution in [-0.4, -0.2) is 5.10 Å². The predicted molar refractivity (Wildman–Crippen MR) is 34.9 cm³/mol. The molecule has 0 atom stereocenters. The van der Waals surface area contributed by atoms with Gasteiger partial charge in [0.05, 0.1) is 0 Å². The van der Waals surface area contributed by atoms with Crippen molar-refractivity contribution in [3.63, 3.8) is 0 Å². The van der Waals surface area contributed by atoms with Gasteiger partial charge in [0.25, 0.3) is 0 Å². The maximum Gasteiger partial charge on any atom is 0.205 e. The van der Waals surface area contributed by atoms with E-state index in [1.54, 1.807) is 0 Å². The first-order valence-electron chi connectivity index (χ1n) is 3.01. The second kappa shape index (κ2) is 3.85. The molecule has 0 aliphatic rings. The summed E-state index contributed by atoms with van der Waals surface area (Å²) in [7, 11) is 1.95. The van der Waals surface area contributed by atoms with Crippen molar-refractivity contribution in [1.29, 1.82) is 0 Å². The van der Waals surface area contributed by atoms with Gasteiger partial charge in [0.2, 0.25) is 5.69 Å². The van der Waals surface area contributed by atoms with Crippen molar-refractivity contribution in [3.05, 3.63) is 23.5 Å². The monoisotopic (exact) mass is 250 g/mol. The van der Waals surface area contributed by atoms with E-state index in [0.717, 1.165) is 5.69 Å². The molecule has 3 heteroatoms. The lowest BCUT2D eigenvalue weighted by Crippen LogP contribution is -3.00. The Morgan fingerprint density at radius 3 is 2.30 bits per heavy atom. The van der Waals surface area contributed by atoms with Crippen LogP contribution in [-0.2, 0) is 7.05 Å². The number of aromatic nitrogens is 2. The molecule has 0 fully saturated rings. The quantitative estimate of drug-likeness (QED) is 0.368. The van der Waals surface area contributed by atoms with Gasteiger partial charge >= 0.3 is 0 Å². The van der Waals surface area contributed by atoms with Crippen LogP contribution in [0, 0.1) is 13.8 Å². The van der Waals surface area contributed by atoms with Crippen LogP contribution in [0.3, 0.4) is 0 Å². The molecule has 1 heterocycles. The summed E-state index contributed by atoms with van der Waals surface area (Å²) in [4.78, 5) is 0. The smallest absolute Gasteiger partial charge is 0.205 e. The molecule has 0 unspecified atom stereocenters. The van der Waals surface area contributed by atoms with Crippen LogP contribution in [0.15, 0.2) is 12.1 Å². The molecule has 10 heavy (non-hydrogen) atoms. The Hall–Kier alpha value is -0.190. The summed E-state index contributed by atoms with van der Waals surface area (Å²) in [6.07, 6.45) is 0. The van der Waals surface area contributed by atoms with Gasteiger partial charge in [-0.3, -0.25) is 0 Å². The van der Waals surface area contributed by atoms with Gasteiger partial charge in [-0.15, -0.1) is 0 Å². The Kier molecular flexibility index (Phi) is 3.78. The zero-order valence-corrected chi connectivity index (χ0v) is 8.58. The van der Waals surface area contributed by atoms with Crippen molar-refractivity contribution < 1.29 is 28.7 Å². The Labute approximate surface area is 78.3 Å². The molecular weight excluding hydrogens is 239 g/mol. The summed E-state index contributed by atoms with van der Waals surface area (Å²) < 4.78 is 1.87. The van der Waals surface area contributed by atoms with Crippen molar-refractivity contribution in [3.8, 4) is 0 Å².